The topological polar surface area (TPSA) is 15.7 Å². The lowest BCUT2D eigenvalue weighted by atomic mass is 9.51. The summed E-state index contributed by atoms with van der Waals surface area (Å²) in [5, 5.41) is 0. The van der Waals surface area contributed by atoms with Crippen LogP contribution in [0.5, 0.6) is 0 Å². The third-order valence-corrected chi connectivity index (χ3v) is 26.5. The molecule has 0 N–H and O–H groups in total. The number of hydrogen-bond acceptors (Lipinski definition) is 3. The molecular formula is C94H96F2N2O. The molecule has 2 aromatic carbocycles. The van der Waals surface area contributed by atoms with E-state index in [2.05, 4.69) is 233 Å². The molecule has 17 rings (SSSR count). The Morgan fingerprint density at radius 1 is 0.586 bits per heavy atom. The van der Waals surface area contributed by atoms with Crippen LogP contribution >= 0.6 is 0 Å². The number of rotatable bonds is 14. The van der Waals surface area contributed by atoms with Gasteiger partial charge in [0.2, 0.25) is 0 Å². The predicted octanol–water partition coefficient (Wildman–Crippen LogP) is 23.5. The average Bonchev–Trinajstić information content (AvgIpc) is 1.56. The van der Waals surface area contributed by atoms with Crippen molar-refractivity contribution < 1.29 is 13.5 Å². The number of nitrogens with zero attached hydrogens (tertiary/aromatic N) is 2. The fourth-order valence-electron chi connectivity index (χ4n) is 21.8. The third-order valence-electron chi connectivity index (χ3n) is 26.5. The van der Waals surface area contributed by atoms with Crippen LogP contribution in [-0.2, 0) is 10.2 Å². The van der Waals surface area contributed by atoms with Gasteiger partial charge in [-0.05, 0) is 239 Å². The molecule has 3 nitrogen and oxygen atoms in total. The van der Waals surface area contributed by atoms with Crippen molar-refractivity contribution in [1.82, 2.24) is 4.90 Å². The first-order valence-electron chi connectivity index (χ1n) is 37.6. The molecule has 2 aromatic rings. The Morgan fingerprint density at radius 2 is 1.38 bits per heavy atom. The molecule has 0 spiro atoms. The van der Waals surface area contributed by atoms with Crippen molar-refractivity contribution in [3.8, 4) is 0 Å². The Hall–Kier alpha value is -8.54. The zero-order valence-corrected chi connectivity index (χ0v) is 58.4. The molecule has 0 bridgehead atoms. The van der Waals surface area contributed by atoms with Crippen molar-refractivity contribution in [2.24, 2.45) is 70.5 Å². The van der Waals surface area contributed by atoms with Crippen LogP contribution in [0.3, 0.4) is 0 Å². The summed E-state index contributed by atoms with van der Waals surface area (Å²) in [5.74, 6) is 4.35. The molecule has 5 heteroatoms. The lowest BCUT2D eigenvalue weighted by Crippen LogP contribution is -2.49. The minimum Gasteiger partial charge on any atom is -0.489 e. The molecule has 0 saturated heterocycles. The first-order valence-corrected chi connectivity index (χ1v) is 37.6. The van der Waals surface area contributed by atoms with Crippen molar-refractivity contribution in [1.29, 1.82) is 0 Å². The lowest BCUT2D eigenvalue weighted by Gasteiger charge is -2.52. The Bertz CT molecular complexity index is 4460. The van der Waals surface area contributed by atoms with Gasteiger partial charge in [-0.1, -0.05) is 212 Å². The molecule has 99 heavy (non-hydrogen) atoms. The summed E-state index contributed by atoms with van der Waals surface area (Å²) >= 11 is 0. The van der Waals surface area contributed by atoms with Gasteiger partial charge in [0.1, 0.15) is 23.5 Å². The first kappa shape index (κ1) is 63.9. The SMILES string of the molecule is C=CC1=CCC(C2=CCC(C3(C4CC(C)=CCC4C)c4ccccc4C4C=CC(N(C5=CC6C7=C(CCC(N(c8ccc(F)cc8)C8C=CC9=C(C8)C(C8C=CC(C%10CC=C(C=C)CC%10)=CC8)(C8CC(C)=CC=C8C)C8C=CC=CC98)=C7)OC6C=C5)C5=CC=C(F)CC5)=CC43)C=C2)C=C1. The molecule has 16 unspecified atom stereocenters. The summed E-state index contributed by atoms with van der Waals surface area (Å²) in [5.41, 5.74) is 22.4. The van der Waals surface area contributed by atoms with E-state index in [1.165, 1.54) is 73.4 Å². The van der Waals surface area contributed by atoms with Crippen LogP contribution in [0, 0.1) is 76.3 Å². The Labute approximate surface area is 588 Å². The molecule has 0 radical (unpaired) electrons. The summed E-state index contributed by atoms with van der Waals surface area (Å²) in [6.45, 7) is 17.8. The monoisotopic (exact) mass is 1310 g/mol. The van der Waals surface area contributed by atoms with E-state index in [0.717, 1.165) is 99.2 Å². The highest BCUT2D eigenvalue weighted by Crippen LogP contribution is 2.69. The van der Waals surface area contributed by atoms with E-state index < -0.39 is 0 Å². The van der Waals surface area contributed by atoms with Gasteiger partial charge in [-0.3, -0.25) is 0 Å². The van der Waals surface area contributed by atoms with Crippen LogP contribution < -0.4 is 4.90 Å². The van der Waals surface area contributed by atoms with Gasteiger partial charge in [0.05, 0.1) is 6.04 Å². The van der Waals surface area contributed by atoms with Gasteiger partial charge in [-0.25, -0.2) is 8.78 Å². The van der Waals surface area contributed by atoms with Gasteiger partial charge in [0.25, 0.3) is 0 Å². The Morgan fingerprint density at radius 3 is 2.15 bits per heavy atom. The molecule has 15 aliphatic rings. The van der Waals surface area contributed by atoms with Crippen LogP contribution in [0.25, 0.3) is 0 Å². The number of allylic oxidation sites excluding steroid dienone is 39. The van der Waals surface area contributed by atoms with Gasteiger partial charge in [-0.2, -0.15) is 0 Å². The average molecular weight is 1310 g/mol. The van der Waals surface area contributed by atoms with Crippen molar-refractivity contribution in [2.75, 3.05) is 4.90 Å². The molecule has 0 saturated carbocycles. The Kier molecular flexibility index (Phi) is 16.7. The summed E-state index contributed by atoms with van der Waals surface area (Å²) in [6.07, 6.45) is 84.6. The first-order chi connectivity index (χ1) is 48.4. The van der Waals surface area contributed by atoms with Crippen molar-refractivity contribution in [2.45, 2.75) is 141 Å². The zero-order valence-electron chi connectivity index (χ0n) is 58.4. The molecule has 0 fully saturated rings. The summed E-state index contributed by atoms with van der Waals surface area (Å²) in [4.78, 5) is 5.08. The van der Waals surface area contributed by atoms with Gasteiger partial charge in [0.15, 0.2) is 0 Å². The predicted molar refractivity (Wildman–Crippen MR) is 404 cm³/mol. The third kappa shape index (κ3) is 10.8. The van der Waals surface area contributed by atoms with Crippen LogP contribution in [0.4, 0.5) is 14.5 Å². The maximum absolute atomic E-state index is 15.4. The number of hydrogen-bond donors (Lipinski definition) is 0. The smallest absolute Gasteiger partial charge is 0.127 e. The summed E-state index contributed by atoms with van der Waals surface area (Å²) < 4.78 is 37.9. The minimum absolute atomic E-state index is 0.0252. The second-order valence-corrected chi connectivity index (χ2v) is 31.5. The number of fused-ring (bicyclic) bond motifs is 7. The molecule has 16 atom stereocenters. The fourth-order valence-corrected chi connectivity index (χ4v) is 21.8. The van der Waals surface area contributed by atoms with Crippen molar-refractivity contribution >= 4 is 5.69 Å². The molecule has 14 aliphatic carbocycles. The van der Waals surface area contributed by atoms with Crippen molar-refractivity contribution in [3.63, 3.8) is 0 Å². The van der Waals surface area contributed by atoms with Crippen molar-refractivity contribution in [3.05, 3.63) is 351 Å². The van der Waals surface area contributed by atoms with Crippen LogP contribution in [-0.4, -0.2) is 17.0 Å². The van der Waals surface area contributed by atoms with E-state index in [-0.39, 0.29) is 64.2 Å². The second kappa shape index (κ2) is 25.9. The highest BCUT2D eigenvalue weighted by molar-refractivity contribution is 5.63. The van der Waals surface area contributed by atoms with Gasteiger partial charge >= 0.3 is 0 Å². The molecular weight excluding hydrogens is 1210 g/mol. The van der Waals surface area contributed by atoms with E-state index in [9.17, 15) is 0 Å². The number of halogens is 2. The quantitative estimate of drug-likeness (QED) is 0.175. The van der Waals surface area contributed by atoms with E-state index >= 15 is 8.78 Å². The normalized spacial score (nSPS) is 35.2. The molecule has 0 amide bonds. The van der Waals surface area contributed by atoms with E-state index in [1.807, 2.05) is 30.4 Å². The standard InChI is InChI=1S/C94H96F2N2O/c1-7-63-21-25-65(26-22-63)67-29-33-69(34-30-67)93(87-53-59(3)17-19-61(87)5)85-15-11-9-13-79(85)81-49-45-77(57-89(81)93)97(73-41-37-71(95)38-42-73)75-47-51-91-83(55-75)84-56-76(48-52-92(84)99-91)98(74-43-39-72(96)40-44-74)78-46-50-82-80-14-10-12-16-86(80)94(90(82)58-78,88-54-60(4)18-20-62(88)6)70-35-31-68(32-36-70)66-27-23-64(8-2)24-28-66/h7-19,21,23-24,27,29-33,35,37-39,41-43,45-46,48-50,52,55-56,58,62,65-66,69-70,77,79,82,84-85,87-88,90,92H,1-2,20,22,25-26,28,34,36,40,44,47,51,53-54,57H2,3-6H3. The van der Waals surface area contributed by atoms with Crippen LogP contribution in [0.1, 0.15) is 135 Å². The molecule has 0 aromatic heterocycles. The van der Waals surface area contributed by atoms with Crippen LogP contribution in [0.15, 0.2) is 334 Å². The maximum Gasteiger partial charge on any atom is 0.127 e. The second-order valence-electron chi connectivity index (χ2n) is 31.5. The fraction of sp³-hybridized carbons (Fsp3) is 0.362. The molecule has 1 heterocycles. The van der Waals surface area contributed by atoms with Crippen LogP contribution in [0.2, 0.25) is 0 Å². The van der Waals surface area contributed by atoms with Gasteiger partial charge in [-0.15, -0.1) is 0 Å². The van der Waals surface area contributed by atoms with Gasteiger partial charge in [0, 0.05) is 87.3 Å². The maximum atomic E-state index is 15.4. The van der Waals surface area contributed by atoms with E-state index in [4.69, 9.17) is 4.74 Å². The minimum atomic E-state index is -0.231. The highest BCUT2D eigenvalue weighted by atomic mass is 19.1. The van der Waals surface area contributed by atoms with E-state index in [1.54, 1.807) is 23.8 Å². The molecule has 502 valence electrons. The van der Waals surface area contributed by atoms with Gasteiger partial charge < -0.3 is 14.5 Å². The highest BCUT2D eigenvalue weighted by Gasteiger charge is 2.62. The number of benzene rings is 2. The summed E-state index contributed by atoms with van der Waals surface area (Å²) in [7, 11) is 0. The number of ether oxygens (including phenoxy) is 1. The number of anilines is 1. The lowest BCUT2D eigenvalue weighted by molar-refractivity contribution is 0.0965. The largest absolute Gasteiger partial charge is 0.489 e. The van der Waals surface area contributed by atoms with E-state index in [0.29, 0.717) is 54.3 Å². The molecule has 1 aliphatic heterocycles. The summed E-state index contributed by atoms with van der Waals surface area (Å²) in [6, 6.07) is 16.8. The zero-order chi connectivity index (χ0) is 67.3. The Balaban J connectivity index is 0.734.